The number of amides is 2. The van der Waals surface area contributed by atoms with E-state index in [4.69, 9.17) is 0 Å². The first kappa shape index (κ1) is 16.1. The van der Waals surface area contributed by atoms with Crippen molar-refractivity contribution >= 4 is 12.0 Å². The molecule has 2 unspecified atom stereocenters. The Morgan fingerprint density at radius 1 is 1.19 bits per heavy atom. The fourth-order valence-electron chi connectivity index (χ4n) is 3.88. The number of aliphatic carboxylic acids is 1. The van der Waals surface area contributed by atoms with Gasteiger partial charge in [0.25, 0.3) is 0 Å². The second-order valence-corrected chi connectivity index (χ2v) is 6.55. The van der Waals surface area contributed by atoms with Crippen molar-refractivity contribution in [2.24, 2.45) is 11.3 Å². The van der Waals surface area contributed by atoms with E-state index in [1.165, 1.54) is 19.3 Å². The maximum atomic E-state index is 12.4. The lowest BCUT2D eigenvalue weighted by molar-refractivity contribution is -0.149. The molecule has 5 heteroatoms. The first-order chi connectivity index (χ1) is 10.0. The Bertz CT molecular complexity index is 393. The third kappa shape index (κ3) is 3.16. The zero-order valence-electron chi connectivity index (χ0n) is 13.2. The molecule has 0 bridgehead atoms. The van der Waals surface area contributed by atoms with E-state index in [9.17, 15) is 14.7 Å². The predicted molar refractivity (Wildman–Crippen MR) is 81.1 cm³/mol. The molecule has 0 radical (unpaired) electrons. The van der Waals surface area contributed by atoms with Gasteiger partial charge in [0.15, 0.2) is 0 Å². The van der Waals surface area contributed by atoms with E-state index in [-0.39, 0.29) is 12.6 Å². The molecule has 21 heavy (non-hydrogen) atoms. The summed E-state index contributed by atoms with van der Waals surface area (Å²) >= 11 is 0. The number of nitrogens with zero attached hydrogens (tertiary/aromatic N) is 1. The van der Waals surface area contributed by atoms with E-state index in [2.05, 4.69) is 5.32 Å². The predicted octanol–water partition coefficient (Wildman–Crippen LogP) is 2.85. The second-order valence-electron chi connectivity index (χ2n) is 6.55. The molecule has 2 aliphatic rings. The van der Waals surface area contributed by atoms with Gasteiger partial charge in [-0.05, 0) is 38.0 Å². The highest BCUT2D eigenvalue weighted by Crippen LogP contribution is 2.36. The summed E-state index contributed by atoms with van der Waals surface area (Å²) in [6, 6.07) is 0.304. The fraction of sp³-hybridized carbons (Fsp3) is 0.875. The molecule has 0 aromatic rings. The van der Waals surface area contributed by atoms with Crippen molar-refractivity contribution in [2.75, 3.05) is 13.1 Å². The normalized spacial score (nSPS) is 25.5. The van der Waals surface area contributed by atoms with Gasteiger partial charge >= 0.3 is 12.0 Å². The molecule has 1 aliphatic heterocycles. The van der Waals surface area contributed by atoms with E-state index in [1.54, 1.807) is 0 Å². The zero-order valence-corrected chi connectivity index (χ0v) is 13.2. The lowest BCUT2D eigenvalue weighted by atomic mass is 9.82. The van der Waals surface area contributed by atoms with E-state index in [0.717, 1.165) is 19.4 Å². The molecule has 0 aromatic heterocycles. The number of fused-ring (bicyclic) bond motifs is 1. The summed E-state index contributed by atoms with van der Waals surface area (Å²) in [6.45, 7) is 4.79. The Kier molecular flexibility index (Phi) is 5.12. The van der Waals surface area contributed by atoms with Crippen molar-refractivity contribution in [3.63, 3.8) is 0 Å². The van der Waals surface area contributed by atoms with Crippen LogP contribution in [0, 0.1) is 11.3 Å². The van der Waals surface area contributed by atoms with Gasteiger partial charge < -0.3 is 15.3 Å². The Labute approximate surface area is 127 Å². The van der Waals surface area contributed by atoms with Crippen molar-refractivity contribution in [1.82, 2.24) is 10.2 Å². The van der Waals surface area contributed by atoms with Gasteiger partial charge in [-0.25, -0.2) is 4.79 Å². The van der Waals surface area contributed by atoms with Crippen molar-refractivity contribution in [3.05, 3.63) is 0 Å². The quantitative estimate of drug-likeness (QED) is 0.819. The van der Waals surface area contributed by atoms with Gasteiger partial charge in [0.1, 0.15) is 0 Å². The van der Waals surface area contributed by atoms with Crippen molar-refractivity contribution in [3.8, 4) is 0 Å². The molecule has 1 aliphatic carbocycles. The minimum atomic E-state index is -0.832. The first-order valence-corrected chi connectivity index (χ1v) is 8.32. The van der Waals surface area contributed by atoms with Crippen LogP contribution in [0.4, 0.5) is 4.79 Å². The molecule has 2 rings (SSSR count). The Hall–Kier alpha value is -1.26. The number of urea groups is 1. The highest BCUT2D eigenvalue weighted by molar-refractivity contribution is 5.78. The highest BCUT2D eigenvalue weighted by Gasteiger charge is 2.40. The molecule has 1 saturated carbocycles. The van der Waals surface area contributed by atoms with Gasteiger partial charge in [-0.1, -0.05) is 26.7 Å². The van der Waals surface area contributed by atoms with E-state index in [0.29, 0.717) is 24.8 Å². The second kappa shape index (κ2) is 6.67. The van der Waals surface area contributed by atoms with Gasteiger partial charge in [-0.15, -0.1) is 0 Å². The van der Waals surface area contributed by atoms with E-state index in [1.807, 2.05) is 18.7 Å². The average Bonchev–Trinajstić information content (AvgIpc) is 2.92. The summed E-state index contributed by atoms with van der Waals surface area (Å²) in [5.74, 6) is -0.157. The van der Waals surface area contributed by atoms with Gasteiger partial charge in [-0.2, -0.15) is 0 Å². The molecule has 1 heterocycles. The monoisotopic (exact) mass is 296 g/mol. The Morgan fingerprint density at radius 2 is 1.86 bits per heavy atom. The number of rotatable bonds is 5. The molecule has 2 atom stereocenters. The number of carbonyl (C=O) groups excluding carboxylic acids is 1. The van der Waals surface area contributed by atoms with Crippen LogP contribution in [0.3, 0.4) is 0 Å². The van der Waals surface area contributed by atoms with Crippen LogP contribution in [-0.4, -0.2) is 41.1 Å². The van der Waals surface area contributed by atoms with Crippen LogP contribution >= 0.6 is 0 Å². The lowest BCUT2D eigenvalue weighted by Crippen LogP contribution is -2.49. The van der Waals surface area contributed by atoms with E-state index < -0.39 is 11.4 Å². The SMILES string of the molecule is CCC(CC)(CNC(=O)N1CCC2CCCCC21)C(=O)O. The van der Waals surface area contributed by atoms with Crippen LogP contribution in [-0.2, 0) is 4.79 Å². The lowest BCUT2D eigenvalue weighted by Gasteiger charge is -2.33. The molecule has 2 fully saturated rings. The summed E-state index contributed by atoms with van der Waals surface area (Å²) in [5, 5.41) is 12.3. The van der Waals surface area contributed by atoms with Gasteiger partial charge in [0.2, 0.25) is 0 Å². The minimum Gasteiger partial charge on any atom is -0.481 e. The maximum absolute atomic E-state index is 12.4. The number of carboxylic acids is 1. The van der Waals surface area contributed by atoms with E-state index >= 15 is 0 Å². The maximum Gasteiger partial charge on any atom is 0.317 e. The Morgan fingerprint density at radius 3 is 2.48 bits per heavy atom. The van der Waals surface area contributed by atoms with Crippen molar-refractivity contribution in [2.45, 2.75) is 64.8 Å². The van der Waals surface area contributed by atoms with Crippen LogP contribution < -0.4 is 5.32 Å². The number of likely N-dealkylation sites (tertiary alicyclic amines) is 1. The smallest absolute Gasteiger partial charge is 0.317 e. The number of carbonyl (C=O) groups is 2. The molecule has 120 valence electrons. The molecule has 5 nitrogen and oxygen atoms in total. The number of hydrogen-bond donors (Lipinski definition) is 2. The zero-order chi connectivity index (χ0) is 15.5. The Balaban J connectivity index is 1.94. The topological polar surface area (TPSA) is 69.6 Å². The average molecular weight is 296 g/mol. The summed E-state index contributed by atoms with van der Waals surface area (Å²) in [7, 11) is 0. The van der Waals surface area contributed by atoms with Gasteiger partial charge in [0.05, 0.1) is 5.41 Å². The standard InChI is InChI=1S/C16H28N2O3/c1-3-16(4-2,14(19)20)11-17-15(21)18-10-9-12-7-5-6-8-13(12)18/h12-13H,3-11H2,1-2H3,(H,17,21)(H,19,20). The van der Waals surface area contributed by atoms with Crippen LogP contribution in [0.5, 0.6) is 0 Å². The van der Waals surface area contributed by atoms with Gasteiger partial charge in [0, 0.05) is 19.1 Å². The summed E-state index contributed by atoms with van der Waals surface area (Å²) < 4.78 is 0. The van der Waals surface area contributed by atoms with Gasteiger partial charge in [-0.3, -0.25) is 4.79 Å². The largest absolute Gasteiger partial charge is 0.481 e. The fourth-order valence-corrected chi connectivity index (χ4v) is 3.88. The first-order valence-electron chi connectivity index (χ1n) is 8.32. The highest BCUT2D eigenvalue weighted by atomic mass is 16.4. The molecular weight excluding hydrogens is 268 g/mol. The number of carboxylic acid groups (broad SMARTS) is 1. The summed E-state index contributed by atoms with van der Waals surface area (Å²) in [6.07, 6.45) is 6.99. The van der Waals surface area contributed by atoms with Crippen molar-refractivity contribution in [1.29, 1.82) is 0 Å². The van der Waals surface area contributed by atoms with Crippen LogP contribution in [0.15, 0.2) is 0 Å². The summed E-state index contributed by atoms with van der Waals surface area (Å²) in [4.78, 5) is 25.8. The third-order valence-corrected chi connectivity index (χ3v) is 5.66. The minimum absolute atomic E-state index is 0.0723. The number of nitrogens with one attached hydrogen (secondary N) is 1. The van der Waals surface area contributed by atoms with Crippen LogP contribution in [0.2, 0.25) is 0 Å². The number of hydrogen-bond acceptors (Lipinski definition) is 2. The van der Waals surface area contributed by atoms with Crippen LogP contribution in [0.25, 0.3) is 0 Å². The molecule has 1 saturated heterocycles. The van der Waals surface area contributed by atoms with Crippen LogP contribution in [0.1, 0.15) is 58.8 Å². The molecular formula is C16H28N2O3. The molecule has 2 N–H and O–H groups in total. The third-order valence-electron chi connectivity index (χ3n) is 5.66. The molecule has 0 spiro atoms. The molecule has 2 amide bonds. The summed E-state index contributed by atoms with van der Waals surface area (Å²) in [5.41, 5.74) is -0.832. The molecule has 0 aromatic carbocycles. The van der Waals surface area contributed by atoms with Crippen molar-refractivity contribution < 1.29 is 14.7 Å².